The number of piperidine rings is 3. The number of hydrogen-bond acceptors (Lipinski definition) is 13. The van der Waals surface area contributed by atoms with Gasteiger partial charge < -0.3 is 34.5 Å². The van der Waals surface area contributed by atoms with Gasteiger partial charge in [0.25, 0.3) is 23.3 Å². The Labute approximate surface area is 337 Å². The van der Waals surface area contributed by atoms with Crippen LogP contribution >= 0.6 is 11.6 Å². The molecule has 3 N–H and O–H groups in total. The van der Waals surface area contributed by atoms with E-state index >= 15 is 0 Å². The second kappa shape index (κ2) is 16.1. The minimum absolute atomic E-state index is 0.0621. The van der Waals surface area contributed by atoms with Gasteiger partial charge in [-0.15, -0.1) is 0 Å². The van der Waals surface area contributed by atoms with E-state index in [1.54, 1.807) is 31.4 Å². The Morgan fingerprint density at radius 2 is 1.60 bits per heavy atom. The number of likely N-dealkylation sites (N-methyl/N-ethyl adjacent to an activating group) is 1. The molecule has 0 saturated carbocycles. The number of carbonyl (C=O) groups excluding carboxylic acids is 5. The van der Waals surface area contributed by atoms with Crippen molar-refractivity contribution in [3.63, 3.8) is 0 Å². The molecule has 6 heterocycles. The fourth-order valence-corrected chi connectivity index (χ4v) is 8.09. The SMILES string of the molecule is CNC(=O)COc1cc2cc(Nc3nc(N4CCC(OC5CCN(c6ccc7c(c6)C(=O)N(C6CCC(=O)NC6=O)C7=O)CC5)CC4)ncc3Cl)ccc2n(C)c1=O. The third-order valence-corrected chi connectivity index (χ3v) is 11.4. The van der Waals surface area contributed by atoms with E-state index in [0.29, 0.717) is 41.1 Å². The lowest BCUT2D eigenvalue weighted by atomic mass is 10.0. The molecule has 17 nitrogen and oxygen atoms in total. The third kappa shape index (κ3) is 7.66. The number of anilines is 4. The summed E-state index contributed by atoms with van der Waals surface area (Å²) in [4.78, 5) is 89.5. The number of benzene rings is 2. The zero-order valence-electron chi connectivity index (χ0n) is 32.0. The van der Waals surface area contributed by atoms with Crippen LogP contribution in [0.15, 0.2) is 53.5 Å². The maximum Gasteiger partial charge on any atom is 0.293 e. The Morgan fingerprint density at radius 3 is 2.31 bits per heavy atom. The van der Waals surface area contributed by atoms with Crippen LogP contribution in [0.1, 0.15) is 59.2 Å². The summed E-state index contributed by atoms with van der Waals surface area (Å²) >= 11 is 6.54. The number of ether oxygens (including phenoxy) is 2. The van der Waals surface area contributed by atoms with Crippen LogP contribution in [0.3, 0.4) is 0 Å². The smallest absolute Gasteiger partial charge is 0.293 e. The summed E-state index contributed by atoms with van der Waals surface area (Å²) in [5.74, 6) is -1.37. The van der Waals surface area contributed by atoms with Crippen molar-refractivity contribution >= 4 is 75.2 Å². The van der Waals surface area contributed by atoms with Gasteiger partial charge in [-0.05, 0) is 74.6 Å². The summed E-state index contributed by atoms with van der Waals surface area (Å²) < 4.78 is 13.5. The van der Waals surface area contributed by atoms with Crippen molar-refractivity contribution in [3.8, 4) is 5.75 Å². The van der Waals surface area contributed by atoms with Crippen molar-refractivity contribution in [3.05, 3.63) is 75.2 Å². The average molecular weight is 812 g/mol. The number of rotatable bonds is 10. The van der Waals surface area contributed by atoms with Gasteiger partial charge in [0, 0.05) is 63.5 Å². The molecule has 58 heavy (non-hydrogen) atoms. The van der Waals surface area contributed by atoms with Crippen LogP contribution < -0.4 is 36.0 Å². The molecule has 5 amide bonds. The Kier molecular flexibility index (Phi) is 10.7. The predicted octanol–water partition coefficient (Wildman–Crippen LogP) is 2.91. The molecule has 3 saturated heterocycles. The van der Waals surface area contributed by atoms with E-state index in [1.807, 2.05) is 24.3 Å². The molecule has 0 bridgehead atoms. The van der Waals surface area contributed by atoms with Crippen molar-refractivity contribution in [2.24, 2.45) is 7.05 Å². The van der Waals surface area contributed by atoms with E-state index in [2.05, 4.69) is 30.7 Å². The molecule has 0 radical (unpaired) electrons. The number of nitrogens with one attached hydrogen (secondary N) is 3. The van der Waals surface area contributed by atoms with Gasteiger partial charge in [-0.2, -0.15) is 4.98 Å². The minimum atomic E-state index is -0.997. The van der Waals surface area contributed by atoms with Crippen molar-refractivity contribution < 1.29 is 33.4 Å². The quantitative estimate of drug-likeness (QED) is 0.198. The number of fused-ring (bicyclic) bond motifs is 2. The number of amides is 5. The molecule has 1 atom stereocenters. The Balaban J connectivity index is 0.842. The number of pyridine rings is 1. The van der Waals surface area contributed by atoms with Gasteiger partial charge in [0.2, 0.25) is 17.8 Å². The number of nitrogens with zero attached hydrogens (tertiary/aromatic N) is 6. The first-order valence-corrected chi connectivity index (χ1v) is 19.6. The van der Waals surface area contributed by atoms with Gasteiger partial charge in [0.05, 0.1) is 35.0 Å². The van der Waals surface area contributed by atoms with Crippen LogP contribution in [-0.2, 0) is 26.2 Å². The van der Waals surface area contributed by atoms with Crippen LogP contribution in [0.4, 0.5) is 23.1 Å². The number of aryl methyl sites for hydroxylation is 1. The zero-order chi connectivity index (χ0) is 40.7. The number of aromatic nitrogens is 3. The maximum atomic E-state index is 13.3. The van der Waals surface area contributed by atoms with Gasteiger partial charge in [0.1, 0.15) is 11.1 Å². The second-order valence-electron chi connectivity index (χ2n) is 14.8. The molecule has 2 aromatic heterocycles. The van der Waals surface area contributed by atoms with Crippen LogP contribution in [0.25, 0.3) is 10.9 Å². The highest BCUT2D eigenvalue weighted by Crippen LogP contribution is 2.33. The zero-order valence-corrected chi connectivity index (χ0v) is 32.7. The molecule has 0 aliphatic carbocycles. The van der Waals surface area contributed by atoms with E-state index < -0.39 is 29.7 Å². The third-order valence-electron chi connectivity index (χ3n) is 11.2. The molecule has 2 aromatic carbocycles. The lowest BCUT2D eigenvalue weighted by molar-refractivity contribution is -0.136. The van der Waals surface area contributed by atoms with Crippen LogP contribution in [0.2, 0.25) is 5.02 Å². The standard InChI is InChI=1S/C40H42ClN9O8/c1-42-34(52)21-57-32-18-22-17-23(3-6-30(22)47(2)39(32)56)44-35-29(41)20-43-40(46-35)49-15-11-26(12-16-49)58-25-9-13-48(14-10-25)24-4-5-27-28(19-24)38(55)50(37(27)54)31-7-8-33(51)45-36(31)53/h3-6,17-20,25-26,31H,7-16,21H2,1-2H3,(H,42,52)(H,43,44,46)(H,45,51,53). The second-order valence-corrected chi connectivity index (χ2v) is 15.2. The molecule has 302 valence electrons. The van der Waals surface area contributed by atoms with Crippen molar-refractivity contribution in [1.29, 1.82) is 0 Å². The van der Waals surface area contributed by atoms with Crippen LogP contribution in [0, 0.1) is 0 Å². The lowest BCUT2D eigenvalue weighted by Gasteiger charge is -2.38. The monoisotopic (exact) mass is 811 g/mol. The van der Waals surface area contributed by atoms with Gasteiger partial charge in [0.15, 0.2) is 18.2 Å². The van der Waals surface area contributed by atoms with E-state index in [1.165, 1.54) is 11.6 Å². The topological polar surface area (TPSA) is 197 Å². The first-order chi connectivity index (χ1) is 28.0. The highest BCUT2D eigenvalue weighted by atomic mass is 35.5. The molecule has 1 unspecified atom stereocenters. The molecule has 4 aliphatic heterocycles. The predicted molar refractivity (Wildman–Crippen MR) is 214 cm³/mol. The number of hydrogen-bond donors (Lipinski definition) is 3. The van der Waals surface area contributed by atoms with Crippen molar-refractivity contribution in [2.75, 3.05) is 55.0 Å². The number of imide groups is 2. The fraction of sp³-hybridized carbons (Fsp3) is 0.400. The van der Waals surface area contributed by atoms with Crippen LogP contribution in [0.5, 0.6) is 5.75 Å². The minimum Gasteiger partial charge on any atom is -0.478 e. The fourth-order valence-electron chi connectivity index (χ4n) is 7.95. The summed E-state index contributed by atoms with van der Waals surface area (Å²) in [6.45, 7) is 2.56. The molecule has 8 rings (SSSR count). The highest BCUT2D eigenvalue weighted by Gasteiger charge is 2.45. The Hall–Kier alpha value is -6.07. The number of halogens is 1. The van der Waals surface area contributed by atoms with E-state index in [-0.39, 0.29) is 60.0 Å². The summed E-state index contributed by atoms with van der Waals surface area (Å²) in [7, 11) is 3.14. The van der Waals surface area contributed by atoms with Gasteiger partial charge in [-0.1, -0.05) is 11.6 Å². The summed E-state index contributed by atoms with van der Waals surface area (Å²) in [6.07, 6.45) is 5.13. The van der Waals surface area contributed by atoms with E-state index in [0.717, 1.165) is 54.7 Å². The molecule has 0 spiro atoms. The highest BCUT2D eigenvalue weighted by molar-refractivity contribution is 6.33. The summed E-state index contributed by atoms with van der Waals surface area (Å²) in [5.41, 5.74) is 2.39. The van der Waals surface area contributed by atoms with Gasteiger partial charge in [-0.3, -0.25) is 39.0 Å². The molecule has 3 fully saturated rings. The van der Waals surface area contributed by atoms with Gasteiger partial charge in [-0.25, -0.2) is 4.98 Å². The first-order valence-electron chi connectivity index (χ1n) is 19.2. The molecule has 18 heteroatoms. The molecule has 4 aromatic rings. The largest absolute Gasteiger partial charge is 0.478 e. The first kappa shape index (κ1) is 38.8. The number of carbonyl (C=O) groups is 5. The average Bonchev–Trinajstić information content (AvgIpc) is 3.47. The maximum absolute atomic E-state index is 13.3. The molecular weight excluding hydrogens is 770 g/mol. The normalized spacial score (nSPS) is 19.1. The van der Waals surface area contributed by atoms with E-state index in [4.69, 9.17) is 26.1 Å². The van der Waals surface area contributed by atoms with Crippen LogP contribution in [-0.4, -0.2) is 107 Å². The van der Waals surface area contributed by atoms with Gasteiger partial charge >= 0.3 is 0 Å². The Bertz CT molecular complexity index is 2390. The molecule has 4 aliphatic rings. The Morgan fingerprint density at radius 1 is 0.897 bits per heavy atom. The summed E-state index contributed by atoms with van der Waals surface area (Å²) in [6, 6.07) is 11.3. The lowest BCUT2D eigenvalue weighted by Crippen LogP contribution is -2.54. The van der Waals surface area contributed by atoms with Crippen molar-refractivity contribution in [2.45, 2.75) is 56.8 Å². The van der Waals surface area contributed by atoms with E-state index in [9.17, 15) is 28.8 Å². The molecular formula is C40H42ClN9O8. The summed E-state index contributed by atoms with van der Waals surface area (Å²) in [5, 5.41) is 9.04. The van der Waals surface area contributed by atoms with Crippen molar-refractivity contribution in [1.82, 2.24) is 30.1 Å².